The van der Waals surface area contributed by atoms with Crippen molar-refractivity contribution in [1.29, 1.82) is 0 Å². The van der Waals surface area contributed by atoms with E-state index in [-0.39, 0.29) is 0 Å². The minimum absolute atomic E-state index is 0.568. The lowest BCUT2D eigenvalue weighted by molar-refractivity contribution is 1.03. The highest BCUT2D eigenvalue weighted by atomic mass is 32.1. The van der Waals surface area contributed by atoms with Crippen LogP contribution in [0, 0.1) is 0 Å². The minimum Gasteiger partial charge on any atom is -0.279 e. The molecule has 0 fully saturated rings. The summed E-state index contributed by atoms with van der Waals surface area (Å²) >= 11 is 5.42. The van der Waals surface area contributed by atoms with Crippen molar-refractivity contribution in [3.63, 3.8) is 0 Å². The van der Waals surface area contributed by atoms with E-state index in [2.05, 4.69) is 157 Å². The molecule has 0 saturated carbocycles. The summed E-state index contributed by atoms with van der Waals surface area (Å²) in [5, 5.41) is 7.39. The number of nitrogens with zero attached hydrogens (tertiary/aromatic N) is 4. The number of rotatable bonds is 5. The zero-order valence-corrected chi connectivity index (χ0v) is 30.0. The second kappa shape index (κ2) is 11.8. The highest BCUT2D eigenvalue weighted by molar-refractivity contribution is 7.26. The first kappa shape index (κ1) is 29.7. The summed E-state index contributed by atoms with van der Waals surface area (Å²) in [6.07, 6.45) is 0. The Hall–Kier alpha value is -5.99. The summed E-state index contributed by atoms with van der Waals surface area (Å²) in [4.78, 5) is 18.1. The van der Waals surface area contributed by atoms with E-state index < -0.39 is 0 Å². The fourth-order valence-corrected chi connectivity index (χ4v) is 10.7. The number of hydrogen-bond acceptors (Lipinski definition) is 7. The van der Waals surface area contributed by atoms with Gasteiger partial charge in [0.05, 0.1) is 0 Å². The molecular formula is C45H26N4S3. The predicted molar refractivity (Wildman–Crippen MR) is 224 cm³/mol. The molecule has 0 aliphatic heterocycles. The average Bonchev–Trinajstić information content (AvgIpc) is 3.89. The topological polar surface area (TPSA) is 41.9 Å². The normalized spacial score (nSPS) is 11.8. The molecule has 0 radical (unpaired) electrons. The second-order valence-corrected chi connectivity index (χ2v) is 16.0. The second-order valence-electron chi connectivity index (χ2n) is 12.8. The van der Waals surface area contributed by atoms with E-state index in [0.717, 1.165) is 22.5 Å². The van der Waals surface area contributed by atoms with Crippen molar-refractivity contribution in [1.82, 2.24) is 15.0 Å². The van der Waals surface area contributed by atoms with E-state index in [1.807, 2.05) is 28.7 Å². The molecule has 11 rings (SSSR count). The van der Waals surface area contributed by atoms with Gasteiger partial charge in [0.15, 0.2) is 11.6 Å². The van der Waals surface area contributed by atoms with Crippen LogP contribution in [-0.2, 0) is 0 Å². The lowest BCUT2D eigenvalue weighted by atomic mass is 10.1. The fraction of sp³-hybridized carbons (Fsp3) is 0. The molecule has 4 aromatic heterocycles. The van der Waals surface area contributed by atoms with Gasteiger partial charge >= 0.3 is 0 Å². The van der Waals surface area contributed by atoms with Crippen LogP contribution in [0.25, 0.3) is 83.3 Å². The highest BCUT2D eigenvalue weighted by Gasteiger charge is 2.22. The van der Waals surface area contributed by atoms with Crippen molar-refractivity contribution >= 4 is 112 Å². The molecule has 7 aromatic carbocycles. The lowest BCUT2D eigenvalue weighted by Crippen LogP contribution is -2.15. The standard InChI is InChI=1S/C45H26N4S3/c1-2-11-28(12-3-1)49(29-22-24-41-36(26-29)32-15-6-8-19-38(32)51-41)45-47-43(27-21-23-40-35(25-27)31-14-5-7-18-37(31)50-40)46-44(48-45)34-17-10-16-33-30-13-4-9-20-39(30)52-42(33)34/h1-26H. The molecule has 0 spiro atoms. The Morgan fingerprint density at radius 3 is 1.65 bits per heavy atom. The summed E-state index contributed by atoms with van der Waals surface area (Å²) in [7, 11) is 0. The number of benzene rings is 7. The third-order valence-corrected chi connectivity index (χ3v) is 13.3. The molecule has 0 amide bonds. The minimum atomic E-state index is 0.568. The van der Waals surface area contributed by atoms with Crippen LogP contribution in [0.15, 0.2) is 158 Å². The van der Waals surface area contributed by atoms with Gasteiger partial charge < -0.3 is 0 Å². The van der Waals surface area contributed by atoms with Crippen LogP contribution in [0.3, 0.4) is 0 Å². The summed E-state index contributed by atoms with van der Waals surface area (Å²) in [5.74, 6) is 1.85. The van der Waals surface area contributed by atoms with Gasteiger partial charge in [0.25, 0.3) is 0 Å². The molecule has 4 nitrogen and oxygen atoms in total. The molecule has 0 saturated heterocycles. The first-order valence-corrected chi connectivity index (χ1v) is 19.5. The van der Waals surface area contributed by atoms with Gasteiger partial charge in [-0.1, -0.05) is 84.9 Å². The van der Waals surface area contributed by atoms with Crippen molar-refractivity contribution in [2.75, 3.05) is 4.90 Å². The molecule has 52 heavy (non-hydrogen) atoms. The Morgan fingerprint density at radius 2 is 0.923 bits per heavy atom. The Labute approximate surface area is 310 Å². The van der Waals surface area contributed by atoms with Crippen LogP contribution in [0.5, 0.6) is 0 Å². The molecule has 0 N–H and O–H groups in total. The van der Waals surface area contributed by atoms with Gasteiger partial charge in [0, 0.05) is 83.0 Å². The van der Waals surface area contributed by atoms with Gasteiger partial charge in [-0.05, 0) is 72.8 Å². The number of fused-ring (bicyclic) bond motifs is 9. The lowest BCUT2D eigenvalue weighted by Gasteiger charge is -2.24. The van der Waals surface area contributed by atoms with E-state index in [0.29, 0.717) is 17.6 Å². The van der Waals surface area contributed by atoms with Crippen LogP contribution in [0.2, 0.25) is 0 Å². The van der Waals surface area contributed by atoms with Gasteiger partial charge in [-0.15, -0.1) is 34.0 Å². The van der Waals surface area contributed by atoms with Crippen molar-refractivity contribution in [3.8, 4) is 22.8 Å². The highest BCUT2D eigenvalue weighted by Crippen LogP contribution is 2.43. The van der Waals surface area contributed by atoms with Crippen LogP contribution in [0.4, 0.5) is 17.3 Å². The van der Waals surface area contributed by atoms with E-state index in [1.165, 1.54) is 60.5 Å². The molecule has 7 heteroatoms. The number of thiophene rings is 3. The van der Waals surface area contributed by atoms with Gasteiger partial charge in [-0.3, -0.25) is 4.90 Å². The maximum atomic E-state index is 5.35. The maximum Gasteiger partial charge on any atom is 0.238 e. The molecule has 0 unspecified atom stereocenters. The molecular weight excluding hydrogens is 693 g/mol. The molecule has 4 heterocycles. The Balaban J connectivity index is 1.19. The monoisotopic (exact) mass is 718 g/mol. The first-order chi connectivity index (χ1) is 25.7. The van der Waals surface area contributed by atoms with Crippen LogP contribution < -0.4 is 4.90 Å². The number of para-hydroxylation sites is 1. The third kappa shape index (κ3) is 4.74. The van der Waals surface area contributed by atoms with Crippen molar-refractivity contribution in [3.05, 3.63) is 158 Å². The Bertz CT molecular complexity index is 3160. The van der Waals surface area contributed by atoms with E-state index in [9.17, 15) is 0 Å². The van der Waals surface area contributed by atoms with Gasteiger partial charge in [0.1, 0.15) is 0 Å². The molecule has 0 aliphatic rings. The molecule has 0 atom stereocenters. The van der Waals surface area contributed by atoms with Crippen LogP contribution in [0.1, 0.15) is 0 Å². The van der Waals surface area contributed by atoms with Crippen LogP contribution in [-0.4, -0.2) is 15.0 Å². The van der Waals surface area contributed by atoms with Gasteiger partial charge in [0.2, 0.25) is 5.95 Å². The van der Waals surface area contributed by atoms with E-state index >= 15 is 0 Å². The summed E-state index contributed by atoms with van der Waals surface area (Å²) < 4.78 is 7.47. The molecule has 0 bridgehead atoms. The summed E-state index contributed by atoms with van der Waals surface area (Å²) in [5.41, 5.74) is 3.92. The SMILES string of the molecule is c1ccc(N(c2ccc3sc4ccccc4c3c2)c2nc(-c3ccc4sc5ccccc5c4c3)nc(-c3cccc4c3sc3ccccc34)n2)cc1. The van der Waals surface area contributed by atoms with E-state index in [1.54, 1.807) is 11.3 Å². The summed E-state index contributed by atoms with van der Waals surface area (Å²) in [6.45, 7) is 0. The zero-order chi connectivity index (χ0) is 34.2. The molecule has 11 aromatic rings. The predicted octanol–water partition coefficient (Wildman–Crippen LogP) is 13.8. The first-order valence-electron chi connectivity index (χ1n) is 17.1. The largest absolute Gasteiger partial charge is 0.279 e. The van der Waals surface area contributed by atoms with Crippen molar-refractivity contribution in [2.24, 2.45) is 0 Å². The number of aromatic nitrogens is 3. The summed E-state index contributed by atoms with van der Waals surface area (Å²) in [6, 6.07) is 56.0. The average molecular weight is 719 g/mol. The van der Waals surface area contributed by atoms with E-state index in [4.69, 9.17) is 15.0 Å². The van der Waals surface area contributed by atoms with Gasteiger partial charge in [-0.2, -0.15) is 9.97 Å². The quantitative estimate of drug-likeness (QED) is 0.178. The van der Waals surface area contributed by atoms with Gasteiger partial charge in [-0.25, -0.2) is 4.98 Å². The maximum absolute atomic E-state index is 5.35. The molecule has 0 aliphatic carbocycles. The fourth-order valence-electron chi connectivity index (χ4n) is 7.31. The smallest absolute Gasteiger partial charge is 0.238 e. The number of anilines is 3. The zero-order valence-electron chi connectivity index (χ0n) is 27.5. The Morgan fingerprint density at radius 1 is 0.365 bits per heavy atom. The van der Waals surface area contributed by atoms with Crippen molar-refractivity contribution in [2.45, 2.75) is 0 Å². The molecule has 244 valence electrons. The third-order valence-electron chi connectivity index (χ3n) is 9.74. The van der Waals surface area contributed by atoms with Crippen molar-refractivity contribution < 1.29 is 0 Å². The Kier molecular flexibility index (Phi) is 6.73. The number of hydrogen-bond donors (Lipinski definition) is 0. The van der Waals surface area contributed by atoms with Crippen LogP contribution >= 0.6 is 34.0 Å².